The number of rotatable bonds is 2. The maximum absolute atomic E-state index is 4.24. The maximum Gasteiger partial charge on any atom is 0.0427 e. The minimum atomic E-state index is 0.238. The second-order valence-corrected chi connectivity index (χ2v) is 6.07. The first-order valence-corrected chi connectivity index (χ1v) is 6.68. The predicted octanol–water partition coefficient (Wildman–Crippen LogP) is 3.12. The molecule has 0 radical (unpaired) electrons. The van der Waals surface area contributed by atoms with E-state index in [2.05, 4.69) is 67.5 Å². The Labute approximate surface area is 111 Å². The van der Waals surface area contributed by atoms with Gasteiger partial charge in [-0.1, -0.05) is 36.9 Å². The summed E-state index contributed by atoms with van der Waals surface area (Å²) in [4.78, 5) is 4.90. The average Bonchev–Trinajstić information content (AvgIpc) is 2.32. The van der Waals surface area contributed by atoms with E-state index >= 15 is 0 Å². The van der Waals surface area contributed by atoms with Gasteiger partial charge in [-0.3, -0.25) is 4.90 Å². The summed E-state index contributed by atoms with van der Waals surface area (Å²) < 4.78 is 0. The highest BCUT2D eigenvalue weighted by Gasteiger charge is 2.27. The lowest BCUT2D eigenvalue weighted by molar-refractivity contribution is 0.0892. The smallest absolute Gasteiger partial charge is 0.0427 e. The number of nitrogens with zero attached hydrogens (tertiary/aromatic N) is 2. The molecular formula is C16H24N2. The molecule has 1 saturated heterocycles. The molecule has 0 spiro atoms. The summed E-state index contributed by atoms with van der Waals surface area (Å²) in [5.41, 5.74) is 2.84. The third-order valence-electron chi connectivity index (χ3n) is 3.63. The molecule has 0 atom stereocenters. The van der Waals surface area contributed by atoms with Gasteiger partial charge < -0.3 is 4.90 Å². The van der Waals surface area contributed by atoms with Crippen LogP contribution in [0, 0.1) is 0 Å². The molecule has 0 bridgehead atoms. The molecule has 1 aliphatic rings. The second-order valence-electron chi connectivity index (χ2n) is 6.07. The van der Waals surface area contributed by atoms with Crippen LogP contribution in [0.3, 0.4) is 0 Å². The molecule has 0 aliphatic carbocycles. The molecule has 0 N–H and O–H groups in total. The Morgan fingerprint density at radius 2 is 1.78 bits per heavy atom. The van der Waals surface area contributed by atoms with E-state index in [1.165, 1.54) is 11.3 Å². The van der Waals surface area contributed by atoms with Gasteiger partial charge in [0.05, 0.1) is 0 Å². The number of hydrogen-bond donors (Lipinski definition) is 0. The fraction of sp³-hybridized carbons (Fsp3) is 0.500. The first-order valence-electron chi connectivity index (χ1n) is 6.68. The zero-order chi connectivity index (χ0) is 13.2. The molecule has 2 nitrogen and oxygen atoms in total. The first-order chi connectivity index (χ1) is 8.47. The molecule has 1 fully saturated rings. The fourth-order valence-electron chi connectivity index (χ4n) is 2.37. The molecular weight excluding hydrogens is 220 g/mol. The molecule has 0 unspecified atom stereocenters. The monoisotopic (exact) mass is 244 g/mol. The highest BCUT2D eigenvalue weighted by Crippen LogP contribution is 2.21. The van der Waals surface area contributed by atoms with E-state index in [1.807, 2.05) is 0 Å². The van der Waals surface area contributed by atoms with Gasteiger partial charge in [0.25, 0.3) is 0 Å². The van der Waals surface area contributed by atoms with Crippen LogP contribution in [0.4, 0.5) is 0 Å². The first kappa shape index (κ1) is 13.2. The maximum atomic E-state index is 4.24. The van der Waals surface area contributed by atoms with Crippen LogP contribution in [-0.2, 0) is 6.54 Å². The largest absolute Gasteiger partial charge is 0.369 e. The van der Waals surface area contributed by atoms with Gasteiger partial charge in [-0.2, -0.15) is 0 Å². The van der Waals surface area contributed by atoms with Crippen molar-refractivity contribution in [3.63, 3.8) is 0 Å². The van der Waals surface area contributed by atoms with Crippen LogP contribution in [0.5, 0.6) is 0 Å². The van der Waals surface area contributed by atoms with E-state index in [0.717, 1.165) is 26.2 Å². The molecule has 1 heterocycles. The Hall–Kier alpha value is -1.28. The van der Waals surface area contributed by atoms with Gasteiger partial charge in [0.1, 0.15) is 0 Å². The fourth-order valence-corrected chi connectivity index (χ4v) is 2.37. The highest BCUT2D eigenvalue weighted by atomic mass is 15.3. The van der Waals surface area contributed by atoms with Crippen molar-refractivity contribution in [2.24, 2.45) is 0 Å². The quantitative estimate of drug-likeness (QED) is 0.788. The third-order valence-corrected chi connectivity index (χ3v) is 3.63. The Balaban J connectivity index is 1.96. The summed E-state index contributed by atoms with van der Waals surface area (Å²) in [7, 11) is 0. The number of benzene rings is 1. The highest BCUT2D eigenvalue weighted by molar-refractivity contribution is 5.16. The number of hydrogen-bond acceptors (Lipinski definition) is 2. The van der Waals surface area contributed by atoms with Gasteiger partial charge in [0.15, 0.2) is 0 Å². The normalized spacial score (nSPS) is 18.2. The number of piperazine rings is 1. The summed E-state index contributed by atoms with van der Waals surface area (Å²) in [6.45, 7) is 15.2. The van der Waals surface area contributed by atoms with E-state index in [-0.39, 0.29) is 5.54 Å². The van der Waals surface area contributed by atoms with Crippen LogP contribution in [-0.4, -0.2) is 35.0 Å². The lowest BCUT2D eigenvalue weighted by atomic mass is 10.0. The van der Waals surface area contributed by atoms with Crippen molar-refractivity contribution in [3.8, 4) is 0 Å². The Bertz CT molecular complexity index is 403. The van der Waals surface area contributed by atoms with Crippen LogP contribution in [0.25, 0.3) is 0 Å². The van der Waals surface area contributed by atoms with Gasteiger partial charge in [-0.05, 0) is 26.3 Å². The zero-order valence-corrected chi connectivity index (χ0v) is 11.8. The van der Waals surface area contributed by atoms with E-state index < -0.39 is 0 Å². The van der Waals surface area contributed by atoms with Gasteiger partial charge in [0.2, 0.25) is 0 Å². The lowest BCUT2D eigenvalue weighted by Gasteiger charge is -2.44. The Kier molecular flexibility index (Phi) is 3.76. The van der Waals surface area contributed by atoms with Crippen molar-refractivity contribution < 1.29 is 0 Å². The molecule has 98 valence electrons. The van der Waals surface area contributed by atoms with E-state index in [4.69, 9.17) is 0 Å². The second kappa shape index (κ2) is 5.15. The zero-order valence-electron chi connectivity index (χ0n) is 11.8. The summed E-state index contributed by atoms with van der Waals surface area (Å²) in [5.74, 6) is 0. The van der Waals surface area contributed by atoms with Crippen molar-refractivity contribution in [1.82, 2.24) is 9.80 Å². The van der Waals surface area contributed by atoms with E-state index in [0.29, 0.717) is 0 Å². The van der Waals surface area contributed by atoms with Gasteiger partial charge in [-0.15, -0.1) is 0 Å². The van der Waals surface area contributed by atoms with Crippen molar-refractivity contribution in [2.75, 3.05) is 19.6 Å². The third kappa shape index (κ3) is 3.14. The van der Waals surface area contributed by atoms with Crippen molar-refractivity contribution in [1.29, 1.82) is 0 Å². The van der Waals surface area contributed by atoms with Gasteiger partial charge >= 0.3 is 0 Å². The summed E-state index contributed by atoms with van der Waals surface area (Å²) in [5, 5.41) is 0. The molecule has 0 saturated carbocycles. The molecule has 0 amide bonds. The minimum Gasteiger partial charge on any atom is -0.369 e. The van der Waals surface area contributed by atoms with Gasteiger partial charge in [-0.25, -0.2) is 0 Å². The summed E-state index contributed by atoms with van der Waals surface area (Å²) in [6, 6.07) is 10.6. The molecule has 2 heteroatoms. The van der Waals surface area contributed by atoms with Crippen molar-refractivity contribution in [2.45, 2.75) is 32.9 Å². The lowest BCUT2D eigenvalue weighted by Crippen LogP contribution is -2.51. The standard InChI is InChI=1S/C16H24N2/c1-14-12-18(16(2,3)4)11-10-17(14)13-15-8-6-5-7-9-15/h5-9H,1,10-13H2,2-4H3. The molecule has 2 rings (SSSR count). The molecule has 18 heavy (non-hydrogen) atoms. The van der Waals surface area contributed by atoms with Crippen LogP contribution in [0.1, 0.15) is 26.3 Å². The van der Waals surface area contributed by atoms with Crippen LogP contribution in [0.15, 0.2) is 42.6 Å². The van der Waals surface area contributed by atoms with Crippen LogP contribution >= 0.6 is 0 Å². The van der Waals surface area contributed by atoms with Crippen molar-refractivity contribution in [3.05, 3.63) is 48.2 Å². The summed E-state index contributed by atoms with van der Waals surface area (Å²) >= 11 is 0. The SMILES string of the molecule is C=C1CN(C(C)(C)C)CCN1Cc1ccccc1. The Morgan fingerprint density at radius 3 is 2.33 bits per heavy atom. The van der Waals surface area contributed by atoms with Crippen molar-refractivity contribution >= 4 is 0 Å². The van der Waals surface area contributed by atoms with Crippen LogP contribution in [0.2, 0.25) is 0 Å². The van der Waals surface area contributed by atoms with E-state index in [9.17, 15) is 0 Å². The van der Waals surface area contributed by atoms with Gasteiger partial charge in [0, 0.05) is 37.4 Å². The molecule has 1 aromatic carbocycles. The van der Waals surface area contributed by atoms with Crippen LogP contribution < -0.4 is 0 Å². The molecule has 1 aromatic rings. The van der Waals surface area contributed by atoms with E-state index in [1.54, 1.807) is 0 Å². The Morgan fingerprint density at radius 1 is 1.11 bits per heavy atom. The topological polar surface area (TPSA) is 6.48 Å². The molecule has 1 aliphatic heterocycles. The predicted molar refractivity (Wildman–Crippen MR) is 77.3 cm³/mol. The summed E-state index contributed by atoms with van der Waals surface area (Å²) in [6.07, 6.45) is 0. The minimum absolute atomic E-state index is 0.238. The molecule has 0 aromatic heterocycles. The average molecular weight is 244 g/mol.